The molecule has 7 heteroatoms. The largest absolute Gasteiger partial charge is 0.478 e. The fraction of sp³-hybridized carbons (Fsp3) is 0.0588. The average molecular weight is 338 g/mol. The van der Waals surface area contributed by atoms with E-state index in [4.69, 9.17) is 12.2 Å². The molecule has 1 aromatic heterocycles. The molecule has 3 aromatic rings. The maximum absolute atomic E-state index is 11.3. The molecule has 0 saturated heterocycles. The van der Waals surface area contributed by atoms with Gasteiger partial charge in [-0.1, -0.05) is 42.0 Å². The Morgan fingerprint density at radius 3 is 2.83 bits per heavy atom. The zero-order valence-corrected chi connectivity index (χ0v) is 13.6. The number of aromatic nitrogens is 3. The third kappa shape index (κ3) is 3.16. The molecular weight excluding hydrogens is 324 g/mol. The van der Waals surface area contributed by atoms with Crippen molar-refractivity contribution in [1.29, 1.82) is 0 Å². The van der Waals surface area contributed by atoms with Gasteiger partial charge in [-0.25, -0.2) is 9.89 Å². The predicted octanol–water partition coefficient (Wildman–Crippen LogP) is 3.50. The Labute approximate surface area is 143 Å². The predicted molar refractivity (Wildman–Crippen MR) is 94.0 cm³/mol. The van der Waals surface area contributed by atoms with Crippen molar-refractivity contribution >= 4 is 24.4 Å². The second-order valence-corrected chi connectivity index (χ2v) is 5.56. The third-order valence-electron chi connectivity index (χ3n) is 3.43. The van der Waals surface area contributed by atoms with E-state index in [1.54, 1.807) is 18.2 Å². The lowest BCUT2D eigenvalue weighted by molar-refractivity contribution is 0.0697. The first-order valence-corrected chi connectivity index (χ1v) is 7.58. The molecule has 120 valence electrons. The number of aromatic amines is 1. The first-order valence-electron chi connectivity index (χ1n) is 7.17. The van der Waals surface area contributed by atoms with E-state index in [0.29, 0.717) is 16.2 Å². The highest BCUT2D eigenvalue weighted by atomic mass is 32.1. The number of benzene rings is 2. The van der Waals surface area contributed by atoms with Gasteiger partial charge < -0.3 is 5.11 Å². The zero-order valence-electron chi connectivity index (χ0n) is 12.8. The van der Waals surface area contributed by atoms with Crippen molar-refractivity contribution in [3.63, 3.8) is 0 Å². The van der Waals surface area contributed by atoms with Crippen LogP contribution in [0.15, 0.2) is 53.6 Å². The first kappa shape index (κ1) is 15.8. The second-order valence-electron chi connectivity index (χ2n) is 5.17. The van der Waals surface area contributed by atoms with Crippen LogP contribution in [0, 0.1) is 11.7 Å². The van der Waals surface area contributed by atoms with E-state index in [1.165, 1.54) is 17.0 Å². The van der Waals surface area contributed by atoms with Crippen molar-refractivity contribution in [2.24, 2.45) is 5.10 Å². The molecule has 2 aromatic carbocycles. The fourth-order valence-corrected chi connectivity index (χ4v) is 2.47. The minimum absolute atomic E-state index is 0.174. The summed E-state index contributed by atoms with van der Waals surface area (Å²) in [5.41, 5.74) is 2.62. The lowest BCUT2D eigenvalue weighted by Gasteiger charge is -2.03. The number of hydrogen-bond donors (Lipinski definition) is 2. The molecule has 0 radical (unpaired) electrons. The van der Waals surface area contributed by atoms with Gasteiger partial charge >= 0.3 is 5.97 Å². The summed E-state index contributed by atoms with van der Waals surface area (Å²) >= 11 is 5.22. The molecule has 0 aliphatic carbocycles. The molecule has 0 amide bonds. The lowest BCUT2D eigenvalue weighted by Crippen LogP contribution is -2.02. The smallest absolute Gasteiger partial charge is 0.336 e. The highest BCUT2D eigenvalue weighted by Crippen LogP contribution is 2.18. The fourth-order valence-electron chi connectivity index (χ4n) is 2.29. The Morgan fingerprint density at radius 2 is 2.08 bits per heavy atom. The van der Waals surface area contributed by atoms with E-state index >= 15 is 0 Å². The topological polar surface area (TPSA) is 83.3 Å². The van der Waals surface area contributed by atoms with Crippen molar-refractivity contribution in [1.82, 2.24) is 14.9 Å². The van der Waals surface area contributed by atoms with Crippen molar-refractivity contribution < 1.29 is 9.90 Å². The summed E-state index contributed by atoms with van der Waals surface area (Å²) in [6.45, 7) is 1.99. The van der Waals surface area contributed by atoms with Crippen LogP contribution < -0.4 is 0 Å². The van der Waals surface area contributed by atoms with Crippen LogP contribution in [0.5, 0.6) is 0 Å². The molecule has 0 spiro atoms. The summed E-state index contributed by atoms with van der Waals surface area (Å²) in [7, 11) is 0. The highest BCUT2D eigenvalue weighted by molar-refractivity contribution is 7.71. The number of nitrogens with one attached hydrogen (secondary N) is 1. The molecule has 3 rings (SSSR count). The monoisotopic (exact) mass is 338 g/mol. The van der Waals surface area contributed by atoms with Crippen LogP contribution in [0.3, 0.4) is 0 Å². The van der Waals surface area contributed by atoms with Gasteiger partial charge in [-0.2, -0.15) is 14.9 Å². The quantitative estimate of drug-likeness (QED) is 0.563. The number of carboxylic acids is 1. The van der Waals surface area contributed by atoms with Crippen LogP contribution in [0.25, 0.3) is 11.4 Å². The lowest BCUT2D eigenvalue weighted by atomic mass is 10.1. The number of nitrogens with zero attached hydrogens (tertiary/aromatic N) is 3. The molecule has 0 bridgehead atoms. The summed E-state index contributed by atoms with van der Waals surface area (Å²) in [4.78, 5) is 11.3. The van der Waals surface area contributed by atoms with Crippen molar-refractivity contribution in [3.05, 3.63) is 70.0 Å². The molecule has 0 aliphatic heterocycles. The van der Waals surface area contributed by atoms with Crippen molar-refractivity contribution in [2.45, 2.75) is 6.92 Å². The van der Waals surface area contributed by atoms with Gasteiger partial charge in [0, 0.05) is 11.1 Å². The maximum atomic E-state index is 11.3. The first-order chi connectivity index (χ1) is 11.6. The van der Waals surface area contributed by atoms with Crippen LogP contribution in [0.1, 0.15) is 21.5 Å². The van der Waals surface area contributed by atoms with Gasteiger partial charge in [0.25, 0.3) is 0 Å². The normalized spacial score (nSPS) is 11.0. The minimum atomic E-state index is -1.01. The second kappa shape index (κ2) is 6.59. The summed E-state index contributed by atoms with van der Waals surface area (Å²) in [5.74, 6) is -0.445. The Kier molecular flexibility index (Phi) is 4.35. The molecule has 0 fully saturated rings. The van der Waals surface area contributed by atoms with Crippen LogP contribution in [0.4, 0.5) is 0 Å². The van der Waals surface area contributed by atoms with E-state index < -0.39 is 5.97 Å². The Morgan fingerprint density at radius 1 is 1.29 bits per heavy atom. The summed E-state index contributed by atoms with van der Waals surface area (Å²) in [5, 5.41) is 20.5. The molecule has 24 heavy (non-hydrogen) atoms. The molecule has 1 heterocycles. The van der Waals surface area contributed by atoms with E-state index in [-0.39, 0.29) is 5.56 Å². The van der Waals surface area contributed by atoms with Gasteiger partial charge in [0.1, 0.15) is 0 Å². The highest BCUT2D eigenvalue weighted by Gasteiger charge is 2.10. The third-order valence-corrected chi connectivity index (χ3v) is 3.69. The number of rotatable bonds is 4. The Hall–Kier alpha value is -3.06. The number of aryl methyl sites for hydroxylation is 1. The summed E-state index contributed by atoms with van der Waals surface area (Å²) in [6, 6.07) is 14.4. The van der Waals surface area contributed by atoms with Gasteiger partial charge in [0.05, 0.1) is 11.8 Å². The van der Waals surface area contributed by atoms with Gasteiger partial charge in [-0.3, -0.25) is 0 Å². The maximum Gasteiger partial charge on any atom is 0.336 e. The summed E-state index contributed by atoms with van der Waals surface area (Å²) < 4.78 is 1.80. The van der Waals surface area contributed by atoms with E-state index in [9.17, 15) is 9.90 Å². The minimum Gasteiger partial charge on any atom is -0.478 e. The number of hydrogen-bond acceptors (Lipinski definition) is 4. The van der Waals surface area contributed by atoms with Crippen LogP contribution in [-0.2, 0) is 0 Å². The summed E-state index contributed by atoms with van der Waals surface area (Å²) in [6.07, 6.45) is 1.47. The van der Waals surface area contributed by atoms with Gasteiger partial charge in [0.15, 0.2) is 5.82 Å². The van der Waals surface area contributed by atoms with Crippen LogP contribution in [0.2, 0.25) is 0 Å². The van der Waals surface area contributed by atoms with Crippen LogP contribution >= 0.6 is 12.2 Å². The SMILES string of the molecule is Cc1cccc(-c2n[nH]c(=S)n2/N=C/c2ccccc2C(=O)O)c1. The Balaban J connectivity index is 2.05. The van der Waals surface area contributed by atoms with E-state index in [1.807, 2.05) is 31.2 Å². The number of aromatic carboxylic acids is 1. The van der Waals surface area contributed by atoms with E-state index in [0.717, 1.165) is 11.1 Å². The number of carboxylic acid groups (broad SMARTS) is 1. The molecule has 0 aliphatic rings. The van der Waals surface area contributed by atoms with Crippen molar-refractivity contribution in [2.75, 3.05) is 0 Å². The standard InChI is InChI=1S/C17H14N4O2S/c1-11-5-4-7-12(9-11)15-19-20-17(24)21(15)18-10-13-6-2-3-8-14(13)16(22)23/h2-10H,1H3,(H,20,24)(H,22,23)/b18-10+. The molecule has 0 unspecified atom stereocenters. The number of H-pyrrole nitrogens is 1. The molecule has 2 N–H and O–H groups in total. The molecular formula is C17H14N4O2S. The Bertz CT molecular complexity index is 988. The molecule has 0 saturated carbocycles. The van der Waals surface area contributed by atoms with E-state index in [2.05, 4.69) is 15.3 Å². The van der Waals surface area contributed by atoms with Gasteiger partial charge in [0.2, 0.25) is 4.77 Å². The van der Waals surface area contributed by atoms with Crippen molar-refractivity contribution in [3.8, 4) is 11.4 Å². The zero-order chi connectivity index (χ0) is 17.1. The number of carbonyl (C=O) groups is 1. The molecule has 0 atom stereocenters. The average Bonchev–Trinajstić information content (AvgIpc) is 2.94. The van der Waals surface area contributed by atoms with Gasteiger partial charge in [-0.05, 0) is 31.3 Å². The van der Waals surface area contributed by atoms with Crippen LogP contribution in [-0.4, -0.2) is 32.2 Å². The van der Waals surface area contributed by atoms with Gasteiger partial charge in [-0.15, -0.1) is 0 Å². The molecule has 6 nitrogen and oxygen atoms in total.